The lowest BCUT2D eigenvalue weighted by molar-refractivity contribution is 0.102. The zero-order valence-corrected chi connectivity index (χ0v) is 9.50. The molecule has 1 amide bonds. The summed E-state index contributed by atoms with van der Waals surface area (Å²) in [6, 6.07) is 5.62. The monoisotopic (exact) mass is 252 g/mol. The Labute approximate surface area is 100 Å². The van der Waals surface area contributed by atoms with Crippen molar-refractivity contribution in [1.82, 2.24) is 10.2 Å². The van der Waals surface area contributed by atoms with Crippen molar-refractivity contribution in [2.75, 3.05) is 5.32 Å². The number of benzene rings is 1. The molecule has 0 aliphatic heterocycles. The molecule has 0 bridgehead atoms. The standard InChI is InChI=1S/C10H9FN4OS/c11-6-2-1-3-7(4-6)13-9(16)10-15-14-8(5-12)17-10/h1-4H,5,12H2,(H,13,16). The van der Waals surface area contributed by atoms with Crippen molar-refractivity contribution in [3.05, 3.63) is 40.1 Å². The van der Waals surface area contributed by atoms with Crippen molar-refractivity contribution in [3.8, 4) is 0 Å². The number of amides is 1. The SMILES string of the molecule is NCc1nnc(C(=O)Nc2cccc(F)c2)s1. The molecule has 2 aromatic rings. The van der Waals surface area contributed by atoms with E-state index in [1.54, 1.807) is 6.07 Å². The van der Waals surface area contributed by atoms with Crippen LogP contribution in [0.15, 0.2) is 24.3 Å². The summed E-state index contributed by atoms with van der Waals surface area (Å²) >= 11 is 1.11. The van der Waals surface area contributed by atoms with Crippen molar-refractivity contribution in [1.29, 1.82) is 0 Å². The van der Waals surface area contributed by atoms with Gasteiger partial charge in [0, 0.05) is 12.2 Å². The molecule has 0 spiro atoms. The van der Waals surface area contributed by atoms with E-state index in [1.165, 1.54) is 18.2 Å². The lowest BCUT2D eigenvalue weighted by atomic mass is 10.3. The Bertz CT molecular complexity index is 543. The molecule has 0 unspecified atom stereocenters. The molecular weight excluding hydrogens is 243 g/mol. The molecule has 5 nitrogen and oxygen atoms in total. The minimum Gasteiger partial charge on any atom is -0.324 e. The van der Waals surface area contributed by atoms with Gasteiger partial charge in [-0.3, -0.25) is 4.79 Å². The van der Waals surface area contributed by atoms with Crippen LogP contribution >= 0.6 is 11.3 Å². The number of nitrogens with one attached hydrogen (secondary N) is 1. The van der Waals surface area contributed by atoms with Crippen LogP contribution in [0, 0.1) is 5.82 Å². The normalized spacial score (nSPS) is 10.2. The van der Waals surface area contributed by atoms with Crippen molar-refractivity contribution < 1.29 is 9.18 Å². The van der Waals surface area contributed by atoms with Crippen LogP contribution in [0.4, 0.5) is 10.1 Å². The fraction of sp³-hybridized carbons (Fsp3) is 0.100. The number of carbonyl (C=O) groups is 1. The molecule has 0 aliphatic carbocycles. The first-order chi connectivity index (χ1) is 8.19. The second kappa shape index (κ2) is 4.98. The molecule has 0 fully saturated rings. The van der Waals surface area contributed by atoms with E-state index in [4.69, 9.17) is 5.73 Å². The van der Waals surface area contributed by atoms with Gasteiger partial charge in [-0.05, 0) is 18.2 Å². The average Bonchev–Trinajstić information content (AvgIpc) is 2.77. The van der Waals surface area contributed by atoms with Gasteiger partial charge in [-0.2, -0.15) is 0 Å². The third kappa shape index (κ3) is 2.83. The summed E-state index contributed by atoms with van der Waals surface area (Å²) in [7, 11) is 0. The van der Waals surface area contributed by atoms with Gasteiger partial charge in [0.25, 0.3) is 5.91 Å². The van der Waals surface area contributed by atoms with E-state index in [2.05, 4.69) is 15.5 Å². The van der Waals surface area contributed by atoms with Gasteiger partial charge in [-0.1, -0.05) is 17.4 Å². The Morgan fingerprint density at radius 2 is 2.29 bits per heavy atom. The van der Waals surface area contributed by atoms with Gasteiger partial charge in [0.2, 0.25) is 5.01 Å². The molecule has 1 aromatic heterocycles. The Morgan fingerprint density at radius 1 is 1.47 bits per heavy atom. The lowest BCUT2D eigenvalue weighted by Crippen LogP contribution is -2.11. The predicted molar refractivity (Wildman–Crippen MR) is 62.2 cm³/mol. The summed E-state index contributed by atoms with van der Waals surface area (Å²) < 4.78 is 12.9. The first kappa shape index (κ1) is 11.6. The van der Waals surface area contributed by atoms with Crippen LogP contribution in [0.2, 0.25) is 0 Å². The van der Waals surface area contributed by atoms with E-state index in [-0.39, 0.29) is 11.6 Å². The molecule has 0 saturated heterocycles. The quantitative estimate of drug-likeness (QED) is 0.865. The molecule has 0 radical (unpaired) electrons. The van der Waals surface area contributed by atoms with E-state index >= 15 is 0 Å². The summed E-state index contributed by atoms with van der Waals surface area (Å²) in [5.74, 6) is -0.837. The highest BCUT2D eigenvalue weighted by atomic mass is 32.1. The van der Waals surface area contributed by atoms with Gasteiger partial charge in [-0.15, -0.1) is 10.2 Å². The molecule has 0 aliphatic rings. The third-order valence-corrected chi connectivity index (χ3v) is 2.86. The smallest absolute Gasteiger partial charge is 0.286 e. The predicted octanol–water partition coefficient (Wildman–Crippen LogP) is 1.39. The lowest BCUT2D eigenvalue weighted by Gasteiger charge is -2.01. The molecule has 3 N–H and O–H groups in total. The van der Waals surface area contributed by atoms with Gasteiger partial charge in [-0.25, -0.2) is 4.39 Å². The third-order valence-electron chi connectivity index (χ3n) is 1.92. The maximum Gasteiger partial charge on any atom is 0.286 e. The summed E-state index contributed by atoms with van der Waals surface area (Å²) in [4.78, 5) is 11.7. The number of aromatic nitrogens is 2. The van der Waals surface area contributed by atoms with Crippen molar-refractivity contribution >= 4 is 22.9 Å². The summed E-state index contributed by atoms with van der Waals surface area (Å²) in [6.07, 6.45) is 0. The largest absolute Gasteiger partial charge is 0.324 e. The highest BCUT2D eigenvalue weighted by Crippen LogP contribution is 2.13. The van der Waals surface area contributed by atoms with Gasteiger partial charge in [0.1, 0.15) is 10.8 Å². The molecule has 0 atom stereocenters. The molecule has 1 heterocycles. The topological polar surface area (TPSA) is 80.9 Å². The molecule has 1 aromatic carbocycles. The maximum atomic E-state index is 12.9. The second-order valence-corrected chi connectivity index (χ2v) is 4.23. The van der Waals surface area contributed by atoms with Crippen LogP contribution in [0.5, 0.6) is 0 Å². The van der Waals surface area contributed by atoms with E-state index < -0.39 is 11.7 Å². The Morgan fingerprint density at radius 3 is 2.94 bits per heavy atom. The van der Waals surface area contributed by atoms with E-state index in [1.807, 2.05) is 0 Å². The molecule has 88 valence electrons. The number of carbonyl (C=O) groups excluding carboxylic acids is 1. The maximum absolute atomic E-state index is 12.9. The number of nitrogens with two attached hydrogens (primary N) is 1. The zero-order chi connectivity index (χ0) is 12.3. The number of halogens is 1. The van der Waals surface area contributed by atoms with E-state index in [0.29, 0.717) is 10.7 Å². The van der Waals surface area contributed by atoms with Crippen molar-refractivity contribution in [3.63, 3.8) is 0 Å². The van der Waals surface area contributed by atoms with Crippen molar-refractivity contribution in [2.45, 2.75) is 6.54 Å². The Kier molecular flexibility index (Phi) is 3.40. The first-order valence-corrected chi connectivity index (χ1v) is 5.60. The summed E-state index contributed by atoms with van der Waals surface area (Å²) in [5.41, 5.74) is 5.74. The molecular formula is C10H9FN4OS. The number of nitrogens with zero attached hydrogens (tertiary/aromatic N) is 2. The minimum absolute atomic E-state index is 0.203. The van der Waals surface area contributed by atoms with Crippen LogP contribution in [0.3, 0.4) is 0 Å². The van der Waals surface area contributed by atoms with Gasteiger partial charge < -0.3 is 11.1 Å². The van der Waals surface area contributed by atoms with Crippen LogP contribution < -0.4 is 11.1 Å². The Balaban J connectivity index is 2.11. The van der Waals surface area contributed by atoms with E-state index in [9.17, 15) is 9.18 Å². The highest BCUT2D eigenvalue weighted by Gasteiger charge is 2.12. The number of hydrogen-bond donors (Lipinski definition) is 2. The fourth-order valence-corrected chi connectivity index (χ4v) is 1.79. The van der Waals surface area contributed by atoms with Crippen LogP contribution in [0.25, 0.3) is 0 Å². The molecule has 17 heavy (non-hydrogen) atoms. The fourth-order valence-electron chi connectivity index (χ4n) is 1.18. The van der Waals surface area contributed by atoms with Crippen LogP contribution in [-0.4, -0.2) is 16.1 Å². The zero-order valence-electron chi connectivity index (χ0n) is 8.68. The first-order valence-electron chi connectivity index (χ1n) is 4.78. The van der Waals surface area contributed by atoms with Crippen molar-refractivity contribution in [2.24, 2.45) is 5.73 Å². The molecule has 0 saturated carbocycles. The minimum atomic E-state index is -0.423. The number of rotatable bonds is 3. The highest BCUT2D eigenvalue weighted by molar-refractivity contribution is 7.13. The summed E-state index contributed by atoms with van der Waals surface area (Å²) in [6.45, 7) is 0.241. The number of anilines is 1. The molecule has 2 rings (SSSR count). The second-order valence-electron chi connectivity index (χ2n) is 3.17. The van der Waals surface area contributed by atoms with Gasteiger partial charge in [0.05, 0.1) is 0 Å². The average molecular weight is 252 g/mol. The summed E-state index contributed by atoms with van der Waals surface area (Å²) in [5, 5.41) is 10.7. The Hall–Kier alpha value is -1.86. The molecule has 7 heteroatoms. The number of hydrogen-bond acceptors (Lipinski definition) is 5. The van der Waals surface area contributed by atoms with Gasteiger partial charge >= 0.3 is 0 Å². The van der Waals surface area contributed by atoms with Crippen LogP contribution in [0.1, 0.15) is 14.8 Å². The van der Waals surface area contributed by atoms with Gasteiger partial charge in [0.15, 0.2) is 0 Å². The van der Waals surface area contributed by atoms with Crippen LogP contribution in [-0.2, 0) is 6.54 Å². The van der Waals surface area contributed by atoms with E-state index in [0.717, 1.165) is 11.3 Å².